The third-order valence-electron chi connectivity index (χ3n) is 2.65. The summed E-state index contributed by atoms with van der Waals surface area (Å²) in [5.74, 6) is 0.254. The number of aromatic hydroxyl groups is 1. The minimum atomic E-state index is -0.500. The van der Waals surface area contributed by atoms with E-state index in [0.29, 0.717) is 6.54 Å². The van der Waals surface area contributed by atoms with Crippen molar-refractivity contribution in [2.75, 3.05) is 6.54 Å². The van der Waals surface area contributed by atoms with Crippen LogP contribution in [-0.2, 0) is 11.2 Å². The molecule has 20 heavy (non-hydrogen) atoms. The minimum Gasteiger partial charge on any atom is -0.508 e. The summed E-state index contributed by atoms with van der Waals surface area (Å²) in [4.78, 5) is 11.5. The Labute approximate surface area is 120 Å². The Kier molecular flexibility index (Phi) is 5.82. The topological polar surface area (TPSA) is 84.6 Å². The smallest absolute Gasteiger partial charge is 0.407 e. The van der Waals surface area contributed by atoms with Crippen molar-refractivity contribution in [3.8, 4) is 5.75 Å². The van der Waals surface area contributed by atoms with Gasteiger partial charge in [0.15, 0.2) is 0 Å². The van der Waals surface area contributed by atoms with Crippen LogP contribution in [0.4, 0.5) is 4.79 Å². The van der Waals surface area contributed by atoms with Gasteiger partial charge in [-0.25, -0.2) is 4.79 Å². The number of aryl methyl sites for hydroxylation is 1. The molecule has 0 saturated carbocycles. The Bertz CT molecular complexity index is 424. The van der Waals surface area contributed by atoms with Crippen molar-refractivity contribution in [3.05, 3.63) is 29.8 Å². The predicted molar refractivity (Wildman–Crippen MR) is 78.6 cm³/mol. The molecule has 0 saturated heterocycles. The van der Waals surface area contributed by atoms with Crippen LogP contribution < -0.4 is 11.1 Å². The van der Waals surface area contributed by atoms with E-state index < -0.39 is 11.7 Å². The quantitative estimate of drug-likeness (QED) is 0.771. The highest BCUT2D eigenvalue weighted by atomic mass is 16.6. The van der Waals surface area contributed by atoms with Crippen LogP contribution in [0.3, 0.4) is 0 Å². The van der Waals surface area contributed by atoms with E-state index in [9.17, 15) is 9.90 Å². The molecule has 0 radical (unpaired) electrons. The predicted octanol–water partition coefficient (Wildman–Crippen LogP) is 2.18. The first kappa shape index (κ1) is 16.3. The highest BCUT2D eigenvalue weighted by Crippen LogP contribution is 2.11. The largest absolute Gasteiger partial charge is 0.508 e. The molecule has 5 nitrogen and oxygen atoms in total. The molecule has 0 aliphatic carbocycles. The number of rotatable bonds is 5. The van der Waals surface area contributed by atoms with Gasteiger partial charge in [-0.1, -0.05) is 12.1 Å². The summed E-state index contributed by atoms with van der Waals surface area (Å²) in [6.45, 7) is 5.83. The second kappa shape index (κ2) is 7.14. The summed E-state index contributed by atoms with van der Waals surface area (Å²) in [6.07, 6.45) is 1.11. The molecule has 1 amide bonds. The number of alkyl carbamates (subject to hydrolysis) is 1. The van der Waals surface area contributed by atoms with Gasteiger partial charge in [-0.05, 0) is 51.3 Å². The second-order valence-corrected chi connectivity index (χ2v) is 5.85. The average molecular weight is 280 g/mol. The van der Waals surface area contributed by atoms with Gasteiger partial charge in [-0.2, -0.15) is 0 Å². The van der Waals surface area contributed by atoms with Crippen LogP contribution in [0.2, 0.25) is 0 Å². The molecule has 0 bridgehead atoms. The van der Waals surface area contributed by atoms with Gasteiger partial charge in [-0.15, -0.1) is 0 Å². The number of phenolic OH excluding ortho intramolecular Hbond substituents is 1. The Morgan fingerprint density at radius 3 is 2.50 bits per heavy atom. The van der Waals surface area contributed by atoms with Crippen molar-refractivity contribution in [2.45, 2.75) is 45.3 Å². The van der Waals surface area contributed by atoms with E-state index >= 15 is 0 Å². The van der Waals surface area contributed by atoms with Gasteiger partial charge in [0.05, 0.1) is 0 Å². The van der Waals surface area contributed by atoms with E-state index in [1.807, 2.05) is 32.9 Å². The van der Waals surface area contributed by atoms with Crippen molar-refractivity contribution >= 4 is 6.09 Å². The molecule has 1 aromatic rings. The zero-order valence-electron chi connectivity index (χ0n) is 12.3. The highest BCUT2D eigenvalue weighted by Gasteiger charge is 2.16. The molecule has 1 rings (SSSR count). The first-order chi connectivity index (χ1) is 9.26. The fourth-order valence-electron chi connectivity index (χ4n) is 1.65. The van der Waals surface area contributed by atoms with E-state index in [-0.39, 0.29) is 11.8 Å². The lowest BCUT2D eigenvalue weighted by Gasteiger charge is -2.20. The number of benzene rings is 1. The van der Waals surface area contributed by atoms with Crippen LogP contribution >= 0.6 is 0 Å². The van der Waals surface area contributed by atoms with E-state index in [4.69, 9.17) is 10.5 Å². The molecule has 4 N–H and O–H groups in total. The molecule has 0 aromatic heterocycles. The summed E-state index contributed by atoms with van der Waals surface area (Å²) in [5, 5.41) is 11.8. The monoisotopic (exact) mass is 280 g/mol. The fraction of sp³-hybridized carbons (Fsp3) is 0.533. The molecular formula is C15H24N2O3. The lowest BCUT2D eigenvalue weighted by molar-refractivity contribution is 0.0524. The maximum atomic E-state index is 11.5. The molecule has 1 unspecified atom stereocenters. The number of phenols is 1. The summed E-state index contributed by atoms with van der Waals surface area (Å²) in [5.41, 5.74) is 6.55. The highest BCUT2D eigenvalue weighted by molar-refractivity contribution is 5.67. The lowest BCUT2D eigenvalue weighted by atomic mass is 10.1. The molecule has 1 atom stereocenters. The zero-order chi connectivity index (χ0) is 15.2. The van der Waals surface area contributed by atoms with Crippen LogP contribution in [0.1, 0.15) is 32.8 Å². The summed E-state index contributed by atoms with van der Waals surface area (Å²) >= 11 is 0. The summed E-state index contributed by atoms with van der Waals surface area (Å²) in [7, 11) is 0. The molecule has 112 valence electrons. The number of carbonyl (C=O) groups excluding carboxylic acids is 1. The van der Waals surface area contributed by atoms with E-state index in [2.05, 4.69) is 5.32 Å². The molecule has 0 aliphatic rings. The molecule has 5 heteroatoms. The van der Waals surface area contributed by atoms with Gasteiger partial charge < -0.3 is 20.9 Å². The van der Waals surface area contributed by atoms with E-state index in [1.165, 1.54) is 0 Å². The standard InChI is InChI=1S/C15H24N2O3/c1-15(2,3)20-14(19)17-10-12(16)7-4-11-5-8-13(18)9-6-11/h5-6,8-9,12,18H,4,7,10,16H2,1-3H3,(H,17,19). The van der Waals surface area contributed by atoms with Crippen molar-refractivity contribution in [2.24, 2.45) is 5.73 Å². The number of amides is 1. The van der Waals surface area contributed by atoms with Gasteiger partial charge in [0, 0.05) is 12.6 Å². The lowest BCUT2D eigenvalue weighted by Crippen LogP contribution is -2.40. The van der Waals surface area contributed by atoms with Crippen LogP contribution in [0.15, 0.2) is 24.3 Å². The van der Waals surface area contributed by atoms with Crippen molar-refractivity contribution in [3.63, 3.8) is 0 Å². The second-order valence-electron chi connectivity index (χ2n) is 5.85. The van der Waals surface area contributed by atoms with Crippen molar-refractivity contribution in [1.29, 1.82) is 0 Å². The Morgan fingerprint density at radius 1 is 1.35 bits per heavy atom. The number of ether oxygens (including phenoxy) is 1. The Morgan fingerprint density at radius 2 is 1.95 bits per heavy atom. The van der Waals surface area contributed by atoms with Crippen molar-refractivity contribution < 1.29 is 14.6 Å². The van der Waals surface area contributed by atoms with Gasteiger partial charge in [0.1, 0.15) is 11.4 Å². The third kappa shape index (κ3) is 6.99. The fourth-order valence-corrected chi connectivity index (χ4v) is 1.65. The summed E-state index contributed by atoms with van der Waals surface area (Å²) in [6, 6.07) is 6.91. The molecule has 0 fully saturated rings. The van der Waals surface area contributed by atoms with Gasteiger partial charge in [-0.3, -0.25) is 0 Å². The third-order valence-corrected chi connectivity index (χ3v) is 2.65. The molecule has 0 spiro atoms. The maximum Gasteiger partial charge on any atom is 0.407 e. The Hall–Kier alpha value is -1.75. The van der Waals surface area contributed by atoms with E-state index in [0.717, 1.165) is 18.4 Å². The average Bonchev–Trinajstić information content (AvgIpc) is 2.33. The zero-order valence-corrected chi connectivity index (χ0v) is 12.3. The molecule has 0 heterocycles. The van der Waals surface area contributed by atoms with Crippen LogP contribution in [0, 0.1) is 0 Å². The first-order valence-corrected chi connectivity index (χ1v) is 6.76. The van der Waals surface area contributed by atoms with Gasteiger partial charge in [0.2, 0.25) is 0 Å². The first-order valence-electron chi connectivity index (χ1n) is 6.76. The van der Waals surface area contributed by atoms with E-state index in [1.54, 1.807) is 12.1 Å². The molecular weight excluding hydrogens is 256 g/mol. The number of hydrogen-bond donors (Lipinski definition) is 3. The summed E-state index contributed by atoms with van der Waals surface area (Å²) < 4.78 is 5.13. The van der Waals surface area contributed by atoms with Crippen LogP contribution in [0.5, 0.6) is 5.75 Å². The van der Waals surface area contributed by atoms with Gasteiger partial charge >= 0.3 is 6.09 Å². The number of nitrogens with two attached hydrogens (primary N) is 1. The normalized spacial score (nSPS) is 12.8. The maximum absolute atomic E-state index is 11.5. The van der Waals surface area contributed by atoms with Gasteiger partial charge in [0.25, 0.3) is 0 Å². The number of hydrogen-bond acceptors (Lipinski definition) is 4. The number of carbonyl (C=O) groups is 1. The molecule has 0 aliphatic heterocycles. The minimum absolute atomic E-state index is 0.128. The van der Waals surface area contributed by atoms with Crippen molar-refractivity contribution in [1.82, 2.24) is 5.32 Å². The van der Waals surface area contributed by atoms with Crippen LogP contribution in [-0.4, -0.2) is 29.4 Å². The molecule has 1 aromatic carbocycles. The number of nitrogens with one attached hydrogen (secondary N) is 1. The SMILES string of the molecule is CC(C)(C)OC(=O)NCC(N)CCc1ccc(O)cc1. The Balaban J connectivity index is 2.25. The van der Waals surface area contributed by atoms with Crippen LogP contribution in [0.25, 0.3) is 0 Å².